The lowest BCUT2D eigenvalue weighted by Gasteiger charge is -2.40. The maximum absolute atomic E-state index is 13.2. The first-order chi connectivity index (χ1) is 21.2. The van der Waals surface area contributed by atoms with Crippen LogP contribution >= 0.6 is 15.3 Å². The number of rotatable bonds is 18. The normalized spacial score (nSPS) is 16.3. The van der Waals surface area contributed by atoms with Crippen LogP contribution in [0.2, 0.25) is 0 Å². The number of hydrogen-bond donors (Lipinski definition) is 2. The summed E-state index contributed by atoms with van der Waals surface area (Å²) in [6.07, 6.45) is 0.116. The first-order valence-corrected chi connectivity index (χ1v) is 18.7. The SMILES string of the molecule is C.CC(C)O.CC(C)OP(=O)(N(C)C)N(C)CC(N)=O.CCCOCCOCCOC(=O)N1CCN(P(=O)(OC(C)C)N(C)C)CC1. The zero-order chi connectivity index (χ0) is 36.1. The third-order valence-corrected chi connectivity index (χ3v) is 11.1. The van der Waals surface area contributed by atoms with Gasteiger partial charge in [-0.3, -0.25) is 13.9 Å². The Balaban J connectivity index is -0.000000817. The topological polar surface area (TPSA) is 177 Å². The van der Waals surface area contributed by atoms with Crippen molar-refractivity contribution in [1.29, 1.82) is 0 Å². The second-order valence-electron chi connectivity index (χ2n) is 11.6. The van der Waals surface area contributed by atoms with Crippen molar-refractivity contribution >= 4 is 27.3 Å². The van der Waals surface area contributed by atoms with E-state index >= 15 is 0 Å². The number of primary amides is 1. The lowest BCUT2D eigenvalue weighted by molar-refractivity contribution is -0.118. The maximum atomic E-state index is 13.2. The van der Waals surface area contributed by atoms with Crippen LogP contribution in [0.4, 0.5) is 4.79 Å². The Kier molecular flexibility index (Phi) is 28.5. The first kappa shape index (κ1) is 50.2. The summed E-state index contributed by atoms with van der Waals surface area (Å²) >= 11 is 0. The zero-order valence-electron chi connectivity index (χ0n) is 30.3. The molecule has 1 aliphatic heterocycles. The fourth-order valence-corrected chi connectivity index (χ4v) is 7.52. The monoisotopic (exact) mass is 722 g/mol. The quantitative estimate of drug-likeness (QED) is 0.154. The van der Waals surface area contributed by atoms with E-state index in [1.165, 1.54) is 9.34 Å². The van der Waals surface area contributed by atoms with E-state index < -0.39 is 21.2 Å². The summed E-state index contributed by atoms with van der Waals surface area (Å²) in [6, 6.07) is 0. The molecule has 0 aliphatic carbocycles. The van der Waals surface area contributed by atoms with Crippen LogP contribution in [0.5, 0.6) is 0 Å². The number of amides is 2. The molecular formula is C29H68N6O10P2. The van der Waals surface area contributed by atoms with E-state index in [0.717, 1.165) is 13.0 Å². The Morgan fingerprint density at radius 2 is 1.23 bits per heavy atom. The Morgan fingerprint density at radius 3 is 1.62 bits per heavy atom. The molecule has 18 heteroatoms. The molecule has 47 heavy (non-hydrogen) atoms. The molecule has 16 nitrogen and oxygen atoms in total. The Labute approximate surface area is 285 Å². The minimum absolute atomic E-state index is 0. The van der Waals surface area contributed by atoms with Gasteiger partial charge in [0.15, 0.2) is 0 Å². The summed E-state index contributed by atoms with van der Waals surface area (Å²) in [5.41, 5.74) is 5.05. The molecule has 3 N–H and O–H groups in total. The molecule has 1 heterocycles. The van der Waals surface area contributed by atoms with Crippen LogP contribution in [0.3, 0.4) is 0 Å². The van der Waals surface area contributed by atoms with Gasteiger partial charge >= 0.3 is 21.4 Å². The maximum Gasteiger partial charge on any atom is 0.409 e. The average Bonchev–Trinajstić information content (AvgIpc) is 2.93. The van der Waals surface area contributed by atoms with Gasteiger partial charge in [0.1, 0.15) is 6.61 Å². The molecule has 1 fully saturated rings. The molecular weight excluding hydrogens is 654 g/mol. The molecule has 2 amide bonds. The van der Waals surface area contributed by atoms with Gasteiger partial charge in [-0.2, -0.15) is 0 Å². The molecule has 2 atom stereocenters. The second kappa shape index (κ2) is 26.7. The van der Waals surface area contributed by atoms with E-state index in [1.54, 1.807) is 72.5 Å². The highest BCUT2D eigenvalue weighted by molar-refractivity contribution is 7.54. The highest BCUT2D eigenvalue weighted by Gasteiger charge is 2.38. The smallest absolute Gasteiger partial charge is 0.409 e. The summed E-state index contributed by atoms with van der Waals surface area (Å²) in [4.78, 5) is 24.5. The molecule has 1 saturated heterocycles. The Hall–Kier alpha value is -1.16. The first-order valence-electron chi connectivity index (χ1n) is 15.7. The number of nitrogens with two attached hydrogens (primary N) is 1. The minimum atomic E-state index is -3.13. The van der Waals surface area contributed by atoms with Gasteiger partial charge in [0, 0.05) is 38.9 Å². The molecule has 0 saturated carbocycles. The predicted molar refractivity (Wildman–Crippen MR) is 187 cm³/mol. The Morgan fingerprint density at radius 1 is 0.787 bits per heavy atom. The van der Waals surface area contributed by atoms with E-state index in [9.17, 15) is 18.7 Å². The molecule has 1 rings (SSSR count). The molecule has 0 aromatic heterocycles. The predicted octanol–water partition coefficient (Wildman–Crippen LogP) is 3.80. The highest BCUT2D eigenvalue weighted by Crippen LogP contribution is 2.54. The summed E-state index contributed by atoms with van der Waals surface area (Å²) in [5.74, 6) is -0.535. The third-order valence-electron chi connectivity index (χ3n) is 5.57. The fraction of sp³-hybridized carbons (Fsp3) is 0.931. The molecule has 0 bridgehead atoms. The van der Waals surface area contributed by atoms with Crippen LogP contribution in [-0.4, -0.2) is 160 Å². The van der Waals surface area contributed by atoms with Crippen molar-refractivity contribution in [3.05, 3.63) is 0 Å². The van der Waals surface area contributed by atoms with Crippen molar-refractivity contribution in [2.24, 2.45) is 5.73 Å². The van der Waals surface area contributed by atoms with Gasteiger partial charge < -0.3 is 39.0 Å². The second-order valence-corrected chi connectivity index (χ2v) is 16.9. The van der Waals surface area contributed by atoms with Crippen LogP contribution < -0.4 is 5.73 Å². The summed E-state index contributed by atoms with van der Waals surface area (Å²) in [5, 5.41) is 8.06. The number of ether oxygens (including phenoxy) is 3. The van der Waals surface area contributed by atoms with Gasteiger partial charge in [-0.1, -0.05) is 14.4 Å². The Bertz CT molecular complexity index is 917. The van der Waals surface area contributed by atoms with Crippen molar-refractivity contribution in [3.63, 3.8) is 0 Å². The number of likely N-dealkylation sites (N-methyl/N-ethyl adjacent to an activating group) is 1. The van der Waals surface area contributed by atoms with Crippen molar-refractivity contribution < 1.29 is 47.1 Å². The number of piperazine rings is 1. The van der Waals surface area contributed by atoms with Gasteiger partial charge in [-0.15, -0.1) is 0 Å². The number of carbonyl (C=O) groups is 2. The highest BCUT2D eigenvalue weighted by atomic mass is 31.2. The lowest BCUT2D eigenvalue weighted by Crippen LogP contribution is -2.49. The van der Waals surface area contributed by atoms with E-state index in [4.69, 9.17) is 34.1 Å². The van der Waals surface area contributed by atoms with Crippen LogP contribution in [-0.2, 0) is 37.2 Å². The average molecular weight is 723 g/mol. The molecule has 1 aliphatic rings. The van der Waals surface area contributed by atoms with Crippen molar-refractivity contribution in [1.82, 2.24) is 23.6 Å². The summed E-state index contributed by atoms with van der Waals surface area (Å²) < 4.78 is 58.8. The summed E-state index contributed by atoms with van der Waals surface area (Å²) in [6.45, 7) is 16.9. The molecule has 0 radical (unpaired) electrons. The van der Waals surface area contributed by atoms with Crippen LogP contribution in [0.15, 0.2) is 0 Å². The number of carbonyl (C=O) groups excluding carboxylic acids is 2. The standard InChI is InChI=1S/C17H36N3O6P.C8H20N3O3P.C3H8O.CH4/c1-6-11-23-12-13-24-14-15-25-17(21)19-7-9-20(10-8-19)27(22,18(4)5)26-16(2)3;1-7(2)14-15(13,10(3)4)11(5)6-8(9)12;1-3(2)4;/h16H,6-15H2,1-5H3;7H,6H2,1-5H3,(H2,9,12);3-4H,1-2H3;1H4. The molecule has 0 aromatic rings. The summed E-state index contributed by atoms with van der Waals surface area (Å²) in [7, 11) is 2.13. The third kappa shape index (κ3) is 22.2. The molecule has 0 spiro atoms. The van der Waals surface area contributed by atoms with E-state index in [2.05, 4.69) is 6.92 Å². The van der Waals surface area contributed by atoms with Gasteiger partial charge in [-0.25, -0.2) is 23.5 Å². The van der Waals surface area contributed by atoms with Crippen LogP contribution in [0.1, 0.15) is 62.3 Å². The number of aliphatic hydroxyl groups is 1. The minimum Gasteiger partial charge on any atom is -0.447 e. The van der Waals surface area contributed by atoms with Gasteiger partial charge in [0.25, 0.3) is 0 Å². The molecule has 284 valence electrons. The van der Waals surface area contributed by atoms with Gasteiger partial charge in [-0.05, 0) is 83.2 Å². The zero-order valence-corrected chi connectivity index (χ0v) is 32.1. The number of aliphatic hydroxyl groups excluding tert-OH is 1. The van der Waals surface area contributed by atoms with Crippen LogP contribution in [0.25, 0.3) is 0 Å². The van der Waals surface area contributed by atoms with Gasteiger partial charge in [0.2, 0.25) is 5.91 Å². The van der Waals surface area contributed by atoms with Gasteiger partial charge in [0.05, 0.1) is 38.6 Å². The van der Waals surface area contributed by atoms with Crippen molar-refractivity contribution in [2.45, 2.75) is 80.6 Å². The van der Waals surface area contributed by atoms with Crippen molar-refractivity contribution in [3.8, 4) is 0 Å². The fourth-order valence-electron chi connectivity index (χ4n) is 3.63. The van der Waals surface area contributed by atoms with E-state index in [-0.39, 0.29) is 45.0 Å². The number of hydrogen-bond acceptors (Lipinski definition) is 10. The molecule has 0 aromatic carbocycles. The molecule has 2 unspecified atom stereocenters. The van der Waals surface area contributed by atoms with E-state index in [1.807, 2.05) is 18.5 Å². The van der Waals surface area contributed by atoms with Crippen molar-refractivity contribution in [2.75, 3.05) is 101 Å². The van der Waals surface area contributed by atoms with E-state index in [0.29, 0.717) is 46.0 Å². The lowest BCUT2D eigenvalue weighted by atomic mass is 10.4. The number of nitrogens with zero attached hydrogens (tertiary/aromatic N) is 5. The van der Waals surface area contributed by atoms with Crippen LogP contribution in [0, 0.1) is 0 Å². The largest absolute Gasteiger partial charge is 0.447 e.